The van der Waals surface area contributed by atoms with Gasteiger partial charge in [-0.2, -0.15) is 5.26 Å². The summed E-state index contributed by atoms with van der Waals surface area (Å²) in [6, 6.07) is 8.42. The van der Waals surface area contributed by atoms with Gasteiger partial charge in [-0.15, -0.1) is 0 Å². The Kier molecular flexibility index (Phi) is 2.31. The van der Waals surface area contributed by atoms with Crippen LogP contribution < -0.4 is 4.90 Å². The van der Waals surface area contributed by atoms with Crippen molar-refractivity contribution in [3.05, 3.63) is 24.3 Å². The van der Waals surface area contributed by atoms with Gasteiger partial charge in [0.2, 0.25) is 5.91 Å². The van der Waals surface area contributed by atoms with Crippen molar-refractivity contribution >= 4 is 11.6 Å². The third-order valence-electron chi connectivity index (χ3n) is 2.92. The van der Waals surface area contributed by atoms with Gasteiger partial charge in [-0.05, 0) is 37.1 Å². The van der Waals surface area contributed by atoms with Gasteiger partial charge in [-0.3, -0.25) is 4.79 Å². The molecule has 0 radical (unpaired) electrons. The smallest absolute Gasteiger partial charge is 0.247 e. The van der Waals surface area contributed by atoms with Crippen LogP contribution in [0.4, 0.5) is 5.69 Å². The Balaban J connectivity index is 2.20. The van der Waals surface area contributed by atoms with E-state index in [-0.39, 0.29) is 11.7 Å². The van der Waals surface area contributed by atoms with E-state index in [0.29, 0.717) is 18.5 Å². The molecule has 0 spiro atoms. The Hall–Kier alpha value is -2.02. The number of amides is 1. The van der Waals surface area contributed by atoms with Gasteiger partial charge >= 0.3 is 0 Å². The first-order chi connectivity index (χ1) is 7.59. The molecule has 0 bridgehead atoms. The van der Waals surface area contributed by atoms with Gasteiger partial charge in [0.05, 0.1) is 6.07 Å². The molecular weight excluding hydrogens is 204 g/mol. The van der Waals surface area contributed by atoms with Crippen LogP contribution >= 0.6 is 0 Å². The molecule has 1 N–H and O–H groups in total. The second-order valence-electron chi connectivity index (χ2n) is 4.07. The fraction of sp³-hybridized carbons (Fsp3) is 0.333. The Morgan fingerprint density at radius 2 is 2.00 bits per heavy atom. The van der Waals surface area contributed by atoms with Crippen LogP contribution in [-0.2, 0) is 4.79 Å². The Morgan fingerprint density at radius 3 is 2.44 bits per heavy atom. The molecule has 1 aliphatic rings. The number of phenols is 1. The quantitative estimate of drug-likeness (QED) is 0.817. The number of nitrogens with zero attached hydrogens (tertiary/aromatic N) is 2. The highest BCUT2D eigenvalue weighted by atomic mass is 16.3. The maximum absolute atomic E-state index is 12.0. The SMILES string of the molecule is CN(C(=O)C1(C#N)CC1)c1ccc(O)cc1. The summed E-state index contributed by atoms with van der Waals surface area (Å²) in [6.07, 6.45) is 1.29. The fourth-order valence-corrected chi connectivity index (χ4v) is 1.61. The molecule has 0 saturated heterocycles. The summed E-state index contributed by atoms with van der Waals surface area (Å²) in [4.78, 5) is 13.5. The molecule has 4 nitrogen and oxygen atoms in total. The molecule has 1 aromatic rings. The van der Waals surface area contributed by atoms with Crippen molar-refractivity contribution in [2.24, 2.45) is 5.41 Å². The van der Waals surface area contributed by atoms with Gasteiger partial charge in [0.25, 0.3) is 0 Å². The number of aromatic hydroxyl groups is 1. The lowest BCUT2D eigenvalue weighted by Crippen LogP contribution is -2.33. The number of phenolic OH excluding ortho intramolecular Hbond substituents is 1. The number of hydrogen-bond donors (Lipinski definition) is 1. The number of carbonyl (C=O) groups is 1. The normalized spacial score (nSPS) is 16.2. The summed E-state index contributed by atoms with van der Waals surface area (Å²) in [5.41, 5.74) is -0.114. The molecule has 1 amide bonds. The first kappa shape index (κ1) is 10.5. The van der Waals surface area contributed by atoms with Gasteiger partial charge in [0.15, 0.2) is 0 Å². The first-order valence-electron chi connectivity index (χ1n) is 5.07. The molecule has 1 saturated carbocycles. The molecule has 0 aromatic heterocycles. The second-order valence-corrected chi connectivity index (χ2v) is 4.07. The van der Waals surface area contributed by atoms with Gasteiger partial charge < -0.3 is 10.0 Å². The van der Waals surface area contributed by atoms with E-state index in [9.17, 15) is 4.79 Å². The lowest BCUT2D eigenvalue weighted by Gasteiger charge is -2.19. The number of benzene rings is 1. The Morgan fingerprint density at radius 1 is 1.44 bits per heavy atom. The van der Waals surface area contributed by atoms with Crippen molar-refractivity contribution in [1.82, 2.24) is 0 Å². The lowest BCUT2D eigenvalue weighted by atomic mass is 10.1. The van der Waals surface area contributed by atoms with E-state index in [1.54, 1.807) is 19.2 Å². The monoisotopic (exact) mass is 216 g/mol. The molecule has 1 aromatic carbocycles. The largest absolute Gasteiger partial charge is 0.508 e. The number of nitriles is 1. The minimum Gasteiger partial charge on any atom is -0.508 e. The zero-order chi connectivity index (χ0) is 11.8. The minimum atomic E-state index is -0.799. The number of hydrogen-bond acceptors (Lipinski definition) is 3. The number of carbonyl (C=O) groups excluding carboxylic acids is 1. The zero-order valence-corrected chi connectivity index (χ0v) is 8.97. The standard InChI is InChI=1S/C12H12N2O2/c1-14(9-2-4-10(15)5-3-9)11(16)12(8-13)6-7-12/h2-5,15H,6-7H2,1H3. The first-order valence-corrected chi connectivity index (χ1v) is 5.07. The van der Waals surface area contributed by atoms with Crippen molar-refractivity contribution in [3.63, 3.8) is 0 Å². The highest BCUT2D eigenvalue weighted by Gasteiger charge is 2.52. The molecule has 1 aliphatic carbocycles. The van der Waals surface area contributed by atoms with E-state index in [0.717, 1.165) is 0 Å². The van der Waals surface area contributed by atoms with Gasteiger partial charge in [-0.25, -0.2) is 0 Å². The number of anilines is 1. The van der Waals surface area contributed by atoms with Crippen molar-refractivity contribution in [2.75, 3.05) is 11.9 Å². The van der Waals surface area contributed by atoms with E-state index in [4.69, 9.17) is 10.4 Å². The highest BCUT2D eigenvalue weighted by Crippen LogP contribution is 2.46. The van der Waals surface area contributed by atoms with Crippen LogP contribution in [0.3, 0.4) is 0 Å². The Bertz CT molecular complexity index is 455. The summed E-state index contributed by atoms with van der Waals surface area (Å²) < 4.78 is 0. The molecule has 2 rings (SSSR count). The van der Waals surface area contributed by atoms with Crippen LogP contribution in [0, 0.1) is 16.7 Å². The molecular formula is C12H12N2O2. The predicted molar refractivity (Wildman–Crippen MR) is 58.8 cm³/mol. The van der Waals surface area contributed by atoms with Crippen LogP contribution in [-0.4, -0.2) is 18.1 Å². The number of rotatable bonds is 2. The van der Waals surface area contributed by atoms with Crippen molar-refractivity contribution in [3.8, 4) is 11.8 Å². The molecule has 4 heteroatoms. The van der Waals surface area contributed by atoms with Crippen LogP contribution in [0.15, 0.2) is 24.3 Å². The van der Waals surface area contributed by atoms with E-state index < -0.39 is 5.41 Å². The van der Waals surface area contributed by atoms with E-state index >= 15 is 0 Å². The van der Waals surface area contributed by atoms with Crippen molar-refractivity contribution in [2.45, 2.75) is 12.8 Å². The predicted octanol–water partition coefficient (Wildman–Crippen LogP) is 1.66. The minimum absolute atomic E-state index is 0.158. The topological polar surface area (TPSA) is 64.3 Å². The van der Waals surface area contributed by atoms with Crippen LogP contribution in [0.2, 0.25) is 0 Å². The molecule has 0 atom stereocenters. The molecule has 0 aliphatic heterocycles. The van der Waals surface area contributed by atoms with Crippen LogP contribution in [0.5, 0.6) is 5.75 Å². The summed E-state index contributed by atoms with van der Waals surface area (Å²) >= 11 is 0. The van der Waals surface area contributed by atoms with Gasteiger partial charge in [0.1, 0.15) is 11.2 Å². The fourth-order valence-electron chi connectivity index (χ4n) is 1.61. The van der Waals surface area contributed by atoms with Crippen LogP contribution in [0.25, 0.3) is 0 Å². The molecule has 0 heterocycles. The molecule has 1 fully saturated rings. The van der Waals surface area contributed by atoms with Gasteiger partial charge in [-0.1, -0.05) is 0 Å². The van der Waals surface area contributed by atoms with Crippen molar-refractivity contribution in [1.29, 1.82) is 5.26 Å². The van der Waals surface area contributed by atoms with E-state index in [1.807, 2.05) is 0 Å². The summed E-state index contributed by atoms with van der Waals surface area (Å²) in [5.74, 6) is -0.00768. The second kappa shape index (κ2) is 3.53. The molecule has 16 heavy (non-hydrogen) atoms. The average Bonchev–Trinajstić information content (AvgIpc) is 3.09. The van der Waals surface area contributed by atoms with Crippen molar-refractivity contribution < 1.29 is 9.90 Å². The summed E-state index contributed by atoms with van der Waals surface area (Å²) in [7, 11) is 1.64. The Labute approximate surface area is 93.7 Å². The summed E-state index contributed by atoms with van der Waals surface area (Å²) in [6.45, 7) is 0. The molecule has 82 valence electrons. The maximum atomic E-state index is 12.0. The van der Waals surface area contributed by atoms with Crippen LogP contribution in [0.1, 0.15) is 12.8 Å². The average molecular weight is 216 g/mol. The maximum Gasteiger partial charge on any atom is 0.247 e. The van der Waals surface area contributed by atoms with Gasteiger partial charge in [0, 0.05) is 12.7 Å². The molecule has 0 unspecified atom stereocenters. The third-order valence-corrected chi connectivity index (χ3v) is 2.92. The van der Waals surface area contributed by atoms with E-state index in [2.05, 4.69) is 6.07 Å². The van der Waals surface area contributed by atoms with E-state index in [1.165, 1.54) is 17.0 Å². The zero-order valence-electron chi connectivity index (χ0n) is 8.97. The third kappa shape index (κ3) is 1.61. The summed E-state index contributed by atoms with van der Waals surface area (Å²) in [5, 5.41) is 18.1. The lowest BCUT2D eigenvalue weighted by molar-refractivity contribution is -0.121. The highest BCUT2D eigenvalue weighted by molar-refractivity contribution is 6.00.